The molecule has 1 N–H and O–H groups in total. The predicted octanol–water partition coefficient (Wildman–Crippen LogP) is 7.51. The minimum atomic E-state index is -0.742. The number of aryl methyl sites for hydroxylation is 2. The summed E-state index contributed by atoms with van der Waals surface area (Å²) >= 11 is 12.9. The fourth-order valence-electron chi connectivity index (χ4n) is 8.47. The quantitative estimate of drug-likeness (QED) is 0.181. The van der Waals surface area contributed by atoms with Crippen molar-refractivity contribution in [1.82, 2.24) is 0 Å². The predicted molar refractivity (Wildman–Crippen MR) is 180 cm³/mol. The fourth-order valence-corrected chi connectivity index (χ4v) is 8.81. The number of fused-ring (bicyclic) bond motifs is 5. The second kappa shape index (κ2) is 10.8. The van der Waals surface area contributed by atoms with Crippen molar-refractivity contribution < 1.29 is 24.3 Å². The number of allylic oxidation sites excluding steroid dienone is 2. The third-order valence-corrected chi connectivity index (χ3v) is 11.6. The Bertz CT molecular complexity index is 2110. The standard InChI is InChI=1S/C38H30Cl2N2O5/c1-18-7-9-20(15-29(18)39)41-35(44)26-12-11-25-27(33(26)37(41)46)17-28-34(32(25)24-13-14-31(43)23-6-4-3-5-22(23)24)38(47)42(36(28)45)21-10-8-19(2)30(40)16-21/h3-11,13-16,26-28,32-34,43H,12,17H2,1-2H3/t26-,27+,28+,32-,33-,34+/m0/s1. The van der Waals surface area contributed by atoms with Gasteiger partial charge in [-0.1, -0.05) is 77.3 Å². The lowest BCUT2D eigenvalue weighted by Crippen LogP contribution is -2.43. The average Bonchev–Trinajstić information content (AvgIpc) is 3.47. The first-order valence-corrected chi connectivity index (χ1v) is 16.5. The molecular formula is C38H30Cl2N2O5. The van der Waals surface area contributed by atoms with Crippen molar-refractivity contribution in [2.75, 3.05) is 9.80 Å². The monoisotopic (exact) mass is 664 g/mol. The number of imide groups is 2. The number of carbonyl (C=O) groups excluding carboxylic acids is 4. The molecule has 0 spiro atoms. The van der Waals surface area contributed by atoms with E-state index in [4.69, 9.17) is 23.2 Å². The zero-order chi connectivity index (χ0) is 32.9. The minimum absolute atomic E-state index is 0.111. The highest BCUT2D eigenvalue weighted by atomic mass is 35.5. The van der Waals surface area contributed by atoms with Gasteiger partial charge in [0, 0.05) is 21.3 Å². The van der Waals surface area contributed by atoms with Crippen LogP contribution in [-0.2, 0) is 19.2 Å². The summed E-state index contributed by atoms with van der Waals surface area (Å²) in [6, 6.07) is 21.2. The van der Waals surface area contributed by atoms with E-state index in [1.807, 2.05) is 50.3 Å². The number of amides is 4. The van der Waals surface area contributed by atoms with Crippen LogP contribution in [-0.4, -0.2) is 28.7 Å². The molecule has 0 aromatic heterocycles. The molecule has 6 atom stereocenters. The Balaban J connectivity index is 1.28. The first-order valence-electron chi connectivity index (χ1n) is 15.7. The maximum atomic E-state index is 14.5. The van der Waals surface area contributed by atoms with Gasteiger partial charge >= 0.3 is 0 Å². The Labute approximate surface area is 281 Å². The van der Waals surface area contributed by atoms with Gasteiger partial charge in [0.1, 0.15) is 5.75 Å². The van der Waals surface area contributed by atoms with E-state index >= 15 is 0 Å². The van der Waals surface area contributed by atoms with Crippen LogP contribution in [0.25, 0.3) is 10.8 Å². The molecule has 2 aliphatic heterocycles. The van der Waals surface area contributed by atoms with E-state index in [1.54, 1.807) is 42.5 Å². The number of anilines is 2. The topological polar surface area (TPSA) is 95.0 Å². The van der Waals surface area contributed by atoms with Gasteiger partial charge in [0.2, 0.25) is 23.6 Å². The van der Waals surface area contributed by atoms with Crippen molar-refractivity contribution >= 4 is 69.0 Å². The number of benzene rings is 4. The van der Waals surface area contributed by atoms with Crippen molar-refractivity contribution in [2.45, 2.75) is 32.6 Å². The SMILES string of the molecule is Cc1ccc(N2C(=O)[C@H]3[C@H](CC=C4[C@H]3C[C@H]3C(=O)N(c5ccc(C)c(Cl)c5)C(=O)[C@H]3[C@H]4c3ccc(O)c4ccccc34)C2=O)cc1Cl. The molecule has 0 radical (unpaired) electrons. The second-order valence-corrected chi connectivity index (χ2v) is 13.9. The summed E-state index contributed by atoms with van der Waals surface area (Å²) in [5.41, 5.74) is 4.18. The number of halogens is 2. The van der Waals surface area contributed by atoms with E-state index in [-0.39, 0.29) is 35.8 Å². The van der Waals surface area contributed by atoms with Gasteiger partial charge in [0.05, 0.1) is 35.0 Å². The van der Waals surface area contributed by atoms with Crippen LogP contribution in [0.2, 0.25) is 10.0 Å². The highest BCUT2D eigenvalue weighted by Crippen LogP contribution is 2.59. The zero-order valence-corrected chi connectivity index (χ0v) is 27.1. The molecule has 3 fully saturated rings. The molecule has 0 bridgehead atoms. The summed E-state index contributed by atoms with van der Waals surface area (Å²) in [7, 11) is 0. The van der Waals surface area contributed by atoms with Crippen molar-refractivity contribution in [2.24, 2.45) is 29.6 Å². The molecule has 2 aliphatic carbocycles. The van der Waals surface area contributed by atoms with Crippen molar-refractivity contribution in [3.63, 3.8) is 0 Å². The Morgan fingerprint density at radius 2 is 1.23 bits per heavy atom. The highest BCUT2D eigenvalue weighted by Gasteiger charge is 2.62. The third-order valence-electron chi connectivity index (χ3n) is 10.7. The van der Waals surface area contributed by atoms with Crippen LogP contribution < -0.4 is 9.80 Å². The van der Waals surface area contributed by atoms with Gasteiger partial charge in [-0.05, 0) is 85.0 Å². The smallest absolute Gasteiger partial charge is 0.238 e. The van der Waals surface area contributed by atoms with Crippen molar-refractivity contribution in [3.8, 4) is 5.75 Å². The molecule has 47 heavy (non-hydrogen) atoms. The Kier molecular flexibility index (Phi) is 6.87. The molecule has 2 saturated heterocycles. The second-order valence-electron chi connectivity index (χ2n) is 13.1. The number of hydrogen-bond donors (Lipinski definition) is 1. The number of phenolic OH excluding ortho intramolecular Hbond substituents is 1. The molecule has 7 nitrogen and oxygen atoms in total. The van der Waals surface area contributed by atoms with E-state index in [2.05, 4.69) is 0 Å². The first kappa shape index (κ1) is 29.9. The molecule has 4 aliphatic rings. The maximum absolute atomic E-state index is 14.5. The van der Waals surface area contributed by atoms with Gasteiger partial charge in [-0.3, -0.25) is 19.2 Å². The summed E-state index contributed by atoms with van der Waals surface area (Å²) in [5, 5.41) is 13.1. The van der Waals surface area contributed by atoms with Gasteiger partial charge in [-0.2, -0.15) is 0 Å². The minimum Gasteiger partial charge on any atom is -0.507 e. The lowest BCUT2D eigenvalue weighted by Gasteiger charge is -2.44. The van der Waals surface area contributed by atoms with Gasteiger partial charge in [-0.25, -0.2) is 9.80 Å². The van der Waals surface area contributed by atoms with Crippen LogP contribution in [0.15, 0.2) is 84.4 Å². The molecule has 0 unspecified atom stereocenters. The van der Waals surface area contributed by atoms with Gasteiger partial charge < -0.3 is 5.11 Å². The normalized spacial score (nSPS) is 26.9. The molecule has 9 heteroatoms. The lowest BCUT2D eigenvalue weighted by molar-refractivity contribution is -0.126. The molecule has 4 amide bonds. The van der Waals surface area contributed by atoms with E-state index in [1.165, 1.54) is 9.80 Å². The zero-order valence-electron chi connectivity index (χ0n) is 25.6. The van der Waals surface area contributed by atoms with Gasteiger partial charge in [-0.15, -0.1) is 0 Å². The summed E-state index contributed by atoms with van der Waals surface area (Å²) in [6.45, 7) is 3.71. The van der Waals surface area contributed by atoms with Crippen LogP contribution in [0.4, 0.5) is 11.4 Å². The van der Waals surface area contributed by atoms with Crippen LogP contribution in [0.1, 0.15) is 35.4 Å². The number of phenols is 1. The molecule has 4 aromatic carbocycles. The Hall–Kier alpha value is -4.46. The number of hydrogen-bond acceptors (Lipinski definition) is 5. The summed E-state index contributed by atoms with van der Waals surface area (Å²) in [6.07, 6.45) is 2.61. The largest absolute Gasteiger partial charge is 0.507 e. The molecule has 236 valence electrons. The molecule has 8 rings (SSSR count). The number of nitrogens with zero attached hydrogens (tertiary/aromatic N) is 2. The number of carbonyl (C=O) groups is 4. The van der Waals surface area contributed by atoms with Crippen LogP contribution >= 0.6 is 23.2 Å². The summed E-state index contributed by atoms with van der Waals surface area (Å²) in [5.74, 6) is -4.92. The lowest BCUT2D eigenvalue weighted by atomic mass is 9.57. The third kappa shape index (κ3) is 4.32. The average molecular weight is 666 g/mol. The number of rotatable bonds is 3. The Morgan fingerprint density at radius 3 is 1.85 bits per heavy atom. The van der Waals surface area contributed by atoms with Gasteiger partial charge in [0.15, 0.2) is 0 Å². The van der Waals surface area contributed by atoms with Crippen LogP contribution in [0.5, 0.6) is 5.75 Å². The maximum Gasteiger partial charge on any atom is 0.238 e. The summed E-state index contributed by atoms with van der Waals surface area (Å²) < 4.78 is 0. The van der Waals surface area contributed by atoms with E-state index in [0.29, 0.717) is 33.2 Å². The molecule has 4 aromatic rings. The van der Waals surface area contributed by atoms with Gasteiger partial charge in [0.25, 0.3) is 0 Å². The molecule has 2 heterocycles. The Morgan fingerprint density at radius 1 is 0.660 bits per heavy atom. The van der Waals surface area contributed by atoms with E-state index in [0.717, 1.165) is 27.6 Å². The number of aromatic hydroxyl groups is 1. The highest BCUT2D eigenvalue weighted by molar-refractivity contribution is 6.33. The van der Waals surface area contributed by atoms with E-state index < -0.39 is 35.5 Å². The summed E-state index contributed by atoms with van der Waals surface area (Å²) in [4.78, 5) is 59.5. The van der Waals surface area contributed by atoms with Crippen LogP contribution in [0.3, 0.4) is 0 Å². The van der Waals surface area contributed by atoms with E-state index in [9.17, 15) is 24.3 Å². The van der Waals surface area contributed by atoms with Crippen molar-refractivity contribution in [1.29, 1.82) is 0 Å². The molecular weight excluding hydrogens is 635 g/mol. The van der Waals surface area contributed by atoms with Crippen LogP contribution in [0, 0.1) is 43.4 Å². The van der Waals surface area contributed by atoms with Crippen molar-refractivity contribution in [3.05, 3.63) is 111 Å². The molecule has 1 saturated carbocycles. The first-order chi connectivity index (χ1) is 22.6. The fraction of sp³-hybridized carbons (Fsp3) is 0.263.